The molecule has 2 aromatic carbocycles. The minimum Gasteiger partial charge on any atom is -1.00 e. The zero-order valence-electron chi connectivity index (χ0n) is 9.61. The first-order chi connectivity index (χ1) is 7.86. The fraction of sp³-hybridized carbons (Fsp3) is 0. The molecule has 1 aromatic heterocycles. The normalized spacial score (nSPS) is 9.61. The zero-order chi connectivity index (χ0) is 11.0. The van der Waals surface area contributed by atoms with E-state index in [-0.39, 0.29) is 24.8 Å². The third-order valence-electron chi connectivity index (χ3n) is 2.74. The molecule has 0 saturated carbocycles. The van der Waals surface area contributed by atoms with Crippen molar-refractivity contribution in [2.75, 3.05) is 0 Å². The number of H-pyrrole nitrogens is 1. The number of imidazole rings is 1. The van der Waals surface area contributed by atoms with Crippen molar-refractivity contribution < 1.29 is 35.1 Å². The van der Waals surface area contributed by atoms with Crippen LogP contribution in [0.25, 0.3) is 16.7 Å². The molecule has 5 heteroatoms. The molecule has 4 N–H and O–H groups in total. The Labute approximate surface area is 117 Å². The summed E-state index contributed by atoms with van der Waals surface area (Å²) in [5.41, 5.74) is 8.48. The second-order valence-electron chi connectivity index (χ2n) is 3.79. The van der Waals surface area contributed by atoms with Gasteiger partial charge in [0.1, 0.15) is 5.69 Å². The fourth-order valence-electron chi connectivity index (χ4n) is 1.98. The van der Waals surface area contributed by atoms with Gasteiger partial charge in [0.2, 0.25) is 11.8 Å². The number of quaternary nitrogens is 1. The molecule has 3 rings (SSSR count). The summed E-state index contributed by atoms with van der Waals surface area (Å²) in [6, 6.07) is 16.3. The van der Waals surface area contributed by atoms with Crippen molar-refractivity contribution in [2.24, 2.45) is 0 Å². The first-order valence-corrected chi connectivity index (χ1v) is 5.25. The number of halogens is 2. The first-order valence-electron chi connectivity index (χ1n) is 5.25. The van der Waals surface area contributed by atoms with Crippen molar-refractivity contribution in [1.82, 2.24) is 4.98 Å². The number of benzene rings is 2. The van der Waals surface area contributed by atoms with Crippen LogP contribution >= 0.6 is 0 Å². The maximum atomic E-state index is 4.07. The van der Waals surface area contributed by atoms with E-state index in [1.165, 1.54) is 0 Å². The lowest BCUT2D eigenvalue weighted by Gasteiger charge is -1.96. The van der Waals surface area contributed by atoms with Crippen LogP contribution < -0.4 is 35.1 Å². The molecular weight excluding hydrogens is 269 g/mol. The van der Waals surface area contributed by atoms with Crippen LogP contribution in [0, 0.1) is 0 Å². The summed E-state index contributed by atoms with van der Waals surface area (Å²) < 4.78 is 2.12. The van der Waals surface area contributed by atoms with Crippen LogP contribution in [0.2, 0.25) is 0 Å². The van der Waals surface area contributed by atoms with Gasteiger partial charge in [0, 0.05) is 6.07 Å². The highest BCUT2D eigenvalue weighted by molar-refractivity contribution is 5.80. The molecule has 18 heavy (non-hydrogen) atoms. The Balaban J connectivity index is 0.000000810. The summed E-state index contributed by atoms with van der Waals surface area (Å²) >= 11 is 0. The van der Waals surface area contributed by atoms with Crippen molar-refractivity contribution in [3.8, 4) is 5.69 Å². The van der Waals surface area contributed by atoms with Gasteiger partial charge in [-0.3, -0.25) is 0 Å². The van der Waals surface area contributed by atoms with E-state index >= 15 is 0 Å². The topological polar surface area (TPSA) is 47.3 Å². The van der Waals surface area contributed by atoms with Crippen molar-refractivity contribution >= 4 is 16.7 Å². The highest BCUT2D eigenvalue weighted by Gasteiger charge is 2.15. The van der Waals surface area contributed by atoms with Gasteiger partial charge < -0.3 is 30.5 Å². The number of nitrogens with zero attached hydrogens (tertiary/aromatic N) is 1. The molecule has 0 fully saturated rings. The van der Waals surface area contributed by atoms with E-state index in [4.69, 9.17) is 0 Å². The van der Waals surface area contributed by atoms with Crippen LogP contribution in [0.1, 0.15) is 0 Å². The average molecular weight is 282 g/mol. The van der Waals surface area contributed by atoms with Crippen LogP contribution in [0.15, 0.2) is 54.9 Å². The predicted octanol–water partition coefficient (Wildman–Crippen LogP) is -4.67. The van der Waals surface area contributed by atoms with Gasteiger partial charge in [-0.25, -0.2) is 4.98 Å². The molecule has 3 nitrogen and oxygen atoms in total. The molecule has 0 atom stereocenters. The molecule has 0 aliphatic carbocycles. The second-order valence-corrected chi connectivity index (χ2v) is 3.79. The lowest BCUT2D eigenvalue weighted by Crippen LogP contribution is -3.00. The number of para-hydroxylation sites is 2. The Bertz CT molecular complexity index is 635. The van der Waals surface area contributed by atoms with Crippen molar-refractivity contribution in [3.63, 3.8) is 0 Å². The third-order valence-corrected chi connectivity index (χ3v) is 2.74. The molecule has 0 aliphatic rings. The van der Waals surface area contributed by atoms with Crippen molar-refractivity contribution in [1.29, 1.82) is 0 Å². The lowest BCUT2D eigenvalue weighted by atomic mass is 10.2. The van der Waals surface area contributed by atoms with Crippen molar-refractivity contribution in [3.05, 3.63) is 54.9 Å². The summed E-state index contributed by atoms with van der Waals surface area (Å²) in [6.07, 6.45) is 1.97. The molecule has 3 aromatic rings. The Kier molecular flexibility index (Phi) is 4.73. The smallest absolute Gasteiger partial charge is 0.247 e. The summed E-state index contributed by atoms with van der Waals surface area (Å²) in [7, 11) is 0. The molecule has 0 spiro atoms. The quantitative estimate of drug-likeness (QED) is 0.422. The van der Waals surface area contributed by atoms with Gasteiger partial charge in [0.15, 0.2) is 11.2 Å². The monoisotopic (exact) mass is 281 g/mol. The molecule has 94 valence electrons. The van der Waals surface area contributed by atoms with E-state index in [0.29, 0.717) is 0 Å². The Morgan fingerprint density at radius 1 is 0.889 bits per heavy atom. The minimum absolute atomic E-state index is 0. The van der Waals surface area contributed by atoms with Gasteiger partial charge in [0.25, 0.3) is 0 Å². The van der Waals surface area contributed by atoms with Gasteiger partial charge >= 0.3 is 0 Å². The molecule has 0 radical (unpaired) electrons. The molecule has 1 heterocycles. The maximum absolute atomic E-state index is 4.07. The Hall–Kier alpha value is -1.55. The summed E-state index contributed by atoms with van der Waals surface area (Å²) in [6.45, 7) is 0. The van der Waals surface area contributed by atoms with Crippen LogP contribution in [0.4, 0.5) is 5.69 Å². The number of hydrogen-bond donors (Lipinski definition) is 2. The Morgan fingerprint density at radius 3 is 2.33 bits per heavy atom. The zero-order valence-corrected chi connectivity index (χ0v) is 11.1. The first kappa shape index (κ1) is 14.5. The molecular formula is C13H13Cl2N3. The lowest BCUT2D eigenvalue weighted by molar-refractivity contribution is -0.569. The molecule has 0 bridgehead atoms. The molecule has 0 amide bonds. The molecule has 0 aliphatic heterocycles. The number of hydrogen-bond acceptors (Lipinski definition) is 0. The number of nitrogens with one attached hydrogen (secondary N) is 1. The van der Waals surface area contributed by atoms with Crippen molar-refractivity contribution in [2.45, 2.75) is 0 Å². The van der Waals surface area contributed by atoms with Crippen LogP contribution in [-0.2, 0) is 0 Å². The summed E-state index contributed by atoms with van der Waals surface area (Å²) in [4.78, 5) is 3.25. The van der Waals surface area contributed by atoms with Crippen LogP contribution in [0.3, 0.4) is 0 Å². The minimum atomic E-state index is 0. The maximum Gasteiger partial charge on any atom is 0.247 e. The highest BCUT2D eigenvalue weighted by Crippen LogP contribution is 2.15. The SMILES string of the molecule is [Cl-].[Cl-].[NH3+]c1cccc2[nH]c[n+](-c3ccccc3)c12. The highest BCUT2D eigenvalue weighted by atomic mass is 35.5. The molecule has 0 saturated heterocycles. The number of aromatic nitrogens is 2. The van der Waals surface area contributed by atoms with Gasteiger partial charge in [-0.05, 0) is 18.2 Å². The van der Waals surface area contributed by atoms with E-state index in [9.17, 15) is 0 Å². The van der Waals surface area contributed by atoms with Gasteiger partial charge in [-0.1, -0.05) is 24.3 Å². The summed E-state index contributed by atoms with van der Waals surface area (Å²) in [5, 5.41) is 0. The van der Waals surface area contributed by atoms with E-state index in [1.54, 1.807) is 0 Å². The standard InChI is InChI=1S/C13H11N3.2ClH/c14-11-7-4-8-12-13(11)16(9-15-12)10-5-2-1-3-6-10;;/h1-9H,14H2;2*1H. The van der Waals surface area contributed by atoms with Gasteiger partial charge in [0.05, 0.1) is 0 Å². The van der Waals surface area contributed by atoms with Crippen LogP contribution in [-0.4, -0.2) is 4.98 Å². The van der Waals surface area contributed by atoms with E-state index in [1.807, 2.05) is 36.7 Å². The van der Waals surface area contributed by atoms with E-state index in [0.717, 1.165) is 22.4 Å². The fourth-order valence-corrected chi connectivity index (χ4v) is 1.98. The predicted molar refractivity (Wildman–Crippen MR) is 62.4 cm³/mol. The number of aromatic amines is 1. The Morgan fingerprint density at radius 2 is 1.61 bits per heavy atom. The number of rotatable bonds is 1. The largest absolute Gasteiger partial charge is 1.00 e. The average Bonchev–Trinajstić information content (AvgIpc) is 2.75. The second kappa shape index (κ2) is 5.87. The van der Waals surface area contributed by atoms with Crippen LogP contribution in [0.5, 0.6) is 0 Å². The third kappa shape index (κ3) is 2.34. The van der Waals surface area contributed by atoms with E-state index in [2.05, 4.69) is 33.5 Å². The van der Waals surface area contributed by atoms with Gasteiger partial charge in [-0.15, -0.1) is 0 Å². The van der Waals surface area contributed by atoms with Gasteiger partial charge in [-0.2, -0.15) is 4.57 Å². The van der Waals surface area contributed by atoms with E-state index < -0.39 is 0 Å². The number of fused-ring (bicyclic) bond motifs is 1. The summed E-state index contributed by atoms with van der Waals surface area (Å²) in [5.74, 6) is 0. The molecule has 0 unspecified atom stereocenters.